The quantitative estimate of drug-likeness (QED) is 0.809. The summed E-state index contributed by atoms with van der Waals surface area (Å²) in [5.74, 6) is 0.502. The zero-order chi connectivity index (χ0) is 12.6. The number of Topliss-reactive ketones (excluding diaryl/α,β-unsaturated/α-hetero) is 1. The van der Waals surface area contributed by atoms with Gasteiger partial charge >= 0.3 is 6.03 Å². The molecule has 0 unspecified atom stereocenters. The van der Waals surface area contributed by atoms with Crippen molar-refractivity contribution in [2.45, 2.75) is 46.5 Å². The minimum atomic E-state index is -0.369. The fourth-order valence-corrected chi connectivity index (χ4v) is 1.87. The van der Waals surface area contributed by atoms with Gasteiger partial charge in [-0.05, 0) is 19.3 Å². The smallest absolute Gasteiger partial charge is 0.314 e. The molecule has 1 aliphatic rings. The lowest BCUT2D eigenvalue weighted by Gasteiger charge is -2.29. The highest BCUT2D eigenvalue weighted by Gasteiger charge is 2.25. The van der Waals surface area contributed by atoms with Crippen LogP contribution >= 0.6 is 0 Å². The molecule has 96 valence electrons. The van der Waals surface area contributed by atoms with Gasteiger partial charge in [0, 0.05) is 26.9 Å². The Morgan fingerprint density at radius 2 is 1.81 bits per heavy atom. The molecule has 0 aromatic carbocycles. The molecule has 0 atom stereocenters. The summed E-state index contributed by atoms with van der Waals surface area (Å²) in [7, 11) is 0. The zero-order valence-electron chi connectivity index (χ0n) is 10.7. The highest BCUT2D eigenvalue weighted by atomic mass is 16.2. The van der Waals surface area contributed by atoms with Crippen molar-refractivity contribution in [1.29, 1.82) is 0 Å². The molecule has 2 N–H and O–H groups in total. The number of piperidine rings is 1. The van der Waals surface area contributed by atoms with Crippen LogP contribution in [0, 0.1) is 5.92 Å². The van der Waals surface area contributed by atoms with Gasteiger partial charge in [0.1, 0.15) is 5.78 Å². The van der Waals surface area contributed by atoms with Crippen molar-refractivity contribution in [2.24, 2.45) is 11.7 Å². The maximum Gasteiger partial charge on any atom is 0.314 e. The summed E-state index contributed by atoms with van der Waals surface area (Å²) in [6, 6.07) is -0.369. The number of urea groups is 1. The van der Waals surface area contributed by atoms with Crippen molar-refractivity contribution in [3.63, 3.8) is 0 Å². The molecule has 0 bridgehead atoms. The van der Waals surface area contributed by atoms with Gasteiger partial charge in [0.05, 0.1) is 0 Å². The lowest BCUT2D eigenvalue weighted by molar-refractivity contribution is -0.124. The third-order valence-electron chi connectivity index (χ3n) is 2.76. The Morgan fingerprint density at radius 1 is 1.31 bits per heavy atom. The van der Waals surface area contributed by atoms with E-state index in [1.54, 1.807) is 4.90 Å². The van der Waals surface area contributed by atoms with Crippen LogP contribution in [-0.4, -0.2) is 29.8 Å². The fraction of sp³-hybridized carbons (Fsp3) is 0.833. The number of rotatable bonds is 3. The molecule has 0 spiro atoms. The van der Waals surface area contributed by atoms with Crippen LogP contribution in [0.15, 0.2) is 0 Å². The lowest BCUT2D eigenvalue weighted by Crippen LogP contribution is -2.42. The highest BCUT2D eigenvalue weighted by Crippen LogP contribution is 2.19. The van der Waals surface area contributed by atoms with Gasteiger partial charge in [-0.25, -0.2) is 4.79 Å². The van der Waals surface area contributed by atoms with Crippen LogP contribution in [-0.2, 0) is 4.79 Å². The summed E-state index contributed by atoms with van der Waals surface area (Å²) in [6.07, 6.45) is 3.14. The van der Waals surface area contributed by atoms with Crippen molar-refractivity contribution >= 4 is 11.8 Å². The molecule has 4 nitrogen and oxygen atoms in total. The van der Waals surface area contributed by atoms with Crippen LogP contribution in [0.4, 0.5) is 4.79 Å². The number of likely N-dealkylation sites (tertiary alicyclic amines) is 1. The van der Waals surface area contributed by atoms with Gasteiger partial charge in [-0.3, -0.25) is 4.79 Å². The normalized spacial score (nSPS) is 16.3. The van der Waals surface area contributed by atoms with E-state index >= 15 is 0 Å². The Bertz CT molecular complexity index is 227. The van der Waals surface area contributed by atoms with E-state index in [0.29, 0.717) is 25.3 Å². The van der Waals surface area contributed by atoms with E-state index in [2.05, 4.69) is 0 Å². The number of primary amides is 1. The summed E-state index contributed by atoms with van der Waals surface area (Å²) < 4.78 is 0. The predicted molar refractivity (Wildman–Crippen MR) is 67.3 cm³/mol. The standard InChI is InChI=1S/C10H18N2O2.C2H6.H2/c1-2-3-9(13)8-4-6-12(7-5-8)10(11)14;1-2;/h8H,2-7H2,1H3,(H2,11,14);1-2H3;1H. The van der Waals surface area contributed by atoms with Crippen LogP contribution < -0.4 is 5.73 Å². The van der Waals surface area contributed by atoms with Crippen LogP contribution in [0.1, 0.15) is 47.9 Å². The van der Waals surface area contributed by atoms with Crippen molar-refractivity contribution < 1.29 is 11.0 Å². The number of carbonyl (C=O) groups excluding carboxylic acids is 2. The summed E-state index contributed by atoms with van der Waals surface area (Å²) in [6.45, 7) is 7.28. The molecule has 1 fully saturated rings. The van der Waals surface area contributed by atoms with Crippen LogP contribution in [0.5, 0.6) is 0 Å². The molecule has 0 saturated carbocycles. The number of hydrogen-bond acceptors (Lipinski definition) is 2. The first-order valence-electron chi connectivity index (χ1n) is 6.22. The van der Waals surface area contributed by atoms with Gasteiger partial charge in [-0.2, -0.15) is 0 Å². The van der Waals surface area contributed by atoms with E-state index in [0.717, 1.165) is 19.3 Å². The number of hydrogen-bond donors (Lipinski definition) is 1. The molecule has 4 heteroatoms. The minimum absolute atomic E-state index is 0. The Hall–Kier alpha value is -1.06. The second kappa shape index (κ2) is 8.13. The van der Waals surface area contributed by atoms with Gasteiger partial charge < -0.3 is 10.6 Å². The summed E-state index contributed by atoms with van der Waals surface area (Å²) >= 11 is 0. The first kappa shape index (κ1) is 14.9. The second-order valence-electron chi connectivity index (χ2n) is 3.82. The first-order valence-corrected chi connectivity index (χ1v) is 6.22. The monoisotopic (exact) mass is 230 g/mol. The molecule has 16 heavy (non-hydrogen) atoms. The molecule has 1 aliphatic heterocycles. The van der Waals surface area contributed by atoms with E-state index in [4.69, 9.17) is 5.73 Å². The Labute approximate surface area is 99.7 Å². The zero-order valence-corrected chi connectivity index (χ0v) is 10.7. The van der Waals surface area contributed by atoms with Crippen LogP contribution in [0.25, 0.3) is 0 Å². The van der Waals surface area contributed by atoms with Crippen LogP contribution in [0.3, 0.4) is 0 Å². The SMILES string of the molecule is CC.CCCC(=O)C1CCN(C(N)=O)CC1.[HH]. The van der Waals surface area contributed by atoms with E-state index in [1.165, 1.54) is 0 Å². The van der Waals surface area contributed by atoms with E-state index in [9.17, 15) is 9.59 Å². The molecule has 1 rings (SSSR count). The molecule has 0 aromatic heterocycles. The fourth-order valence-electron chi connectivity index (χ4n) is 1.87. The predicted octanol–water partition coefficient (Wildman–Crippen LogP) is 2.42. The van der Waals surface area contributed by atoms with Gasteiger partial charge in [0.2, 0.25) is 0 Å². The van der Waals surface area contributed by atoms with Gasteiger partial charge in [0.15, 0.2) is 0 Å². The Kier molecular flexibility index (Phi) is 7.60. The third-order valence-corrected chi connectivity index (χ3v) is 2.76. The van der Waals surface area contributed by atoms with Crippen molar-refractivity contribution in [3.8, 4) is 0 Å². The van der Waals surface area contributed by atoms with E-state index in [-0.39, 0.29) is 13.4 Å². The van der Waals surface area contributed by atoms with Crippen molar-refractivity contribution in [3.05, 3.63) is 0 Å². The molecule has 0 aliphatic carbocycles. The summed E-state index contributed by atoms with van der Waals surface area (Å²) in [5, 5.41) is 0. The van der Waals surface area contributed by atoms with Gasteiger partial charge in [0.25, 0.3) is 0 Å². The number of nitrogens with zero attached hydrogens (tertiary/aromatic N) is 1. The minimum Gasteiger partial charge on any atom is -0.351 e. The maximum absolute atomic E-state index is 11.5. The lowest BCUT2D eigenvalue weighted by atomic mass is 9.90. The largest absolute Gasteiger partial charge is 0.351 e. The number of amides is 2. The van der Waals surface area contributed by atoms with Crippen LogP contribution in [0.2, 0.25) is 0 Å². The molecule has 0 radical (unpaired) electrons. The molecule has 1 heterocycles. The topological polar surface area (TPSA) is 63.4 Å². The number of ketones is 1. The third kappa shape index (κ3) is 4.64. The van der Waals surface area contributed by atoms with E-state index < -0.39 is 0 Å². The maximum atomic E-state index is 11.5. The average molecular weight is 230 g/mol. The molecule has 0 aromatic rings. The number of carbonyl (C=O) groups is 2. The second-order valence-corrected chi connectivity index (χ2v) is 3.82. The molecular formula is C12H26N2O2. The first-order chi connectivity index (χ1) is 7.65. The van der Waals surface area contributed by atoms with Crippen molar-refractivity contribution in [1.82, 2.24) is 4.90 Å². The van der Waals surface area contributed by atoms with E-state index in [1.807, 2.05) is 20.8 Å². The van der Waals surface area contributed by atoms with Gasteiger partial charge in [-0.1, -0.05) is 20.8 Å². The Morgan fingerprint density at radius 3 is 2.19 bits per heavy atom. The molecular weight excluding hydrogens is 204 g/mol. The summed E-state index contributed by atoms with van der Waals surface area (Å²) in [4.78, 5) is 24.0. The van der Waals surface area contributed by atoms with Gasteiger partial charge in [-0.15, -0.1) is 0 Å². The highest BCUT2D eigenvalue weighted by molar-refractivity contribution is 5.81. The summed E-state index contributed by atoms with van der Waals surface area (Å²) in [5.41, 5.74) is 5.15. The number of nitrogens with two attached hydrogens (primary N) is 1. The molecule has 1 saturated heterocycles. The molecule has 2 amide bonds. The Balaban J connectivity index is 0. The van der Waals surface area contributed by atoms with Crippen molar-refractivity contribution in [2.75, 3.05) is 13.1 Å². The average Bonchev–Trinajstić information content (AvgIpc) is 2.32.